The van der Waals surface area contributed by atoms with Crippen LogP contribution in [-0.2, 0) is 9.47 Å². The van der Waals surface area contributed by atoms with Gasteiger partial charge in [0.25, 0.3) is 0 Å². The van der Waals surface area contributed by atoms with Crippen LogP contribution in [0.25, 0.3) is 0 Å². The quantitative estimate of drug-likeness (QED) is 0.673. The molecule has 0 spiro atoms. The lowest BCUT2D eigenvalue weighted by Gasteiger charge is -2.11. The Morgan fingerprint density at radius 2 is 2.31 bits per heavy atom. The monoisotopic (exact) mass is 244 g/mol. The van der Waals surface area contributed by atoms with E-state index in [0.717, 1.165) is 37.8 Å². The van der Waals surface area contributed by atoms with Crippen molar-refractivity contribution in [1.29, 1.82) is 0 Å². The van der Waals surface area contributed by atoms with Crippen LogP contribution in [0.2, 0.25) is 0 Å². The van der Waals surface area contributed by atoms with Crippen molar-refractivity contribution in [3.05, 3.63) is 16.6 Å². The van der Waals surface area contributed by atoms with Crippen molar-refractivity contribution >= 4 is 11.3 Å². The summed E-state index contributed by atoms with van der Waals surface area (Å²) in [7, 11) is 1.71. The Bertz CT molecular complexity index is 254. The average Bonchev–Trinajstić information content (AvgIpc) is 2.81. The number of aromatic nitrogens is 1. The molecule has 5 heteroatoms. The topological polar surface area (TPSA) is 43.4 Å². The molecule has 1 N–H and O–H groups in total. The third-order valence-corrected chi connectivity index (χ3v) is 3.11. The van der Waals surface area contributed by atoms with E-state index in [2.05, 4.69) is 17.2 Å². The number of nitrogens with zero attached hydrogens (tertiary/aromatic N) is 1. The van der Waals surface area contributed by atoms with Crippen LogP contribution in [-0.4, -0.2) is 38.5 Å². The zero-order valence-corrected chi connectivity index (χ0v) is 10.8. The fourth-order valence-corrected chi connectivity index (χ4v) is 1.96. The fraction of sp³-hybridized carbons (Fsp3) is 0.727. The fourth-order valence-electron chi connectivity index (χ4n) is 1.29. The van der Waals surface area contributed by atoms with Gasteiger partial charge in [-0.05, 0) is 13.3 Å². The number of rotatable bonds is 9. The second kappa shape index (κ2) is 8.64. The molecular weight excluding hydrogens is 224 g/mol. The molecule has 4 nitrogen and oxygen atoms in total. The first-order valence-electron chi connectivity index (χ1n) is 5.54. The maximum Gasteiger partial charge on any atom is 0.109 e. The molecule has 0 bridgehead atoms. The van der Waals surface area contributed by atoms with Gasteiger partial charge in [0.2, 0.25) is 0 Å². The lowest BCUT2D eigenvalue weighted by molar-refractivity contribution is 0.103. The predicted octanol–water partition coefficient (Wildman–Crippen LogP) is 1.85. The summed E-state index contributed by atoms with van der Waals surface area (Å²) in [4.78, 5) is 4.25. The van der Waals surface area contributed by atoms with Crippen molar-refractivity contribution < 1.29 is 9.47 Å². The van der Waals surface area contributed by atoms with Crippen LogP contribution >= 0.6 is 11.3 Å². The SMILES string of the molecule is COCCCOCCNC(C)c1nccs1. The van der Waals surface area contributed by atoms with Crippen LogP contribution in [0.15, 0.2) is 11.6 Å². The van der Waals surface area contributed by atoms with Crippen molar-refractivity contribution in [3.8, 4) is 0 Å². The Balaban J connectivity index is 1.95. The van der Waals surface area contributed by atoms with Crippen LogP contribution in [0.1, 0.15) is 24.4 Å². The van der Waals surface area contributed by atoms with Crippen molar-refractivity contribution in [2.24, 2.45) is 0 Å². The maximum absolute atomic E-state index is 5.44. The molecule has 16 heavy (non-hydrogen) atoms. The van der Waals surface area contributed by atoms with Crippen LogP contribution in [0.4, 0.5) is 0 Å². The Morgan fingerprint density at radius 3 is 3.00 bits per heavy atom. The van der Waals surface area contributed by atoms with Crippen molar-refractivity contribution in [2.75, 3.05) is 33.5 Å². The Morgan fingerprint density at radius 1 is 1.44 bits per heavy atom. The largest absolute Gasteiger partial charge is 0.385 e. The van der Waals surface area contributed by atoms with E-state index < -0.39 is 0 Å². The molecule has 1 aromatic heterocycles. The van der Waals surface area contributed by atoms with Gasteiger partial charge in [0.15, 0.2) is 0 Å². The minimum atomic E-state index is 0.308. The first-order chi connectivity index (χ1) is 7.84. The average molecular weight is 244 g/mol. The van der Waals surface area contributed by atoms with Crippen molar-refractivity contribution in [1.82, 2.24) is 10.3 Å². The van der Waals surface area contributed by atoms with Crippen molar-refractivity contribution in [2.45, 2.75) is 19.4 Å². The van der Waals surface area contributed by atoms with Gasteiger partial charge in [-0.2, -0.15) is 0 Å². The van der Waals surface area contributed by atoms with Crippen LogP contribution < -0.4 is 5.32 Å². The molecule has 0 saturated carbocycles. The molecule has 0 aliphatic rings. The van der Waals surface area contributed by atoms with Gasteiger partial charge < -0.3 is 14.8 Å². The zero-order valence-electron chi connectivity index (χ0n) is 9.94. The Labute approximate surface area is 101 Å². The summed E-state index contributed by atoms with van der Waals surface area (Å²) in [6, 6.07) is 0.308. The summed E-state index contributed by atoms with van der Waals surface area (Å²) in [6.45, 7) is 5.24. The van der Waals surface area contributed by atoms with Gasteiger partial charge in [0.05, 0.1) is 12.6 Å². The molecule has 0 aromatic carbocycles. The Hall–Kier alpha value is -0.490. The van der Waals surface area contributed by atoms with E-state index in [1.165, 1.54) is 0 Å². The minimum absolute atomic E-state index is 0.308. The summed E-state index contributed by atoms with van der Waals surface area (Å²) >= 11 is 1.67. The van der Waals surface area contributed by atoms with Gasteiger partial charge >= 0.3 is 0 Å². The third kappa shape index (κ3) is 5.55. The minimum Gasteiger partial charge on any atom is -0.385 e. The van der Waals surface area contributed by atoms with Gasteiger partial charge in [0, 0.05) is 38.4 Å². The summed E-state index contributed by atoms with van der Waals surface area (Å²) in [5, 5.41) is 6.49. The van der Waals surface area contributed by atoms with E-state index >= 15 is 0 Å². The smallest absolute Gasteiger partial charge is 0.109 e. The molecular formula is C11H20N2O2S. The number of nitrogens with one attached hydrogen (secondary N) is 1. The first kappa shape index (κ1) is 13.6. The standard InChI is InChI=1S/C11H20N2O2S/c1-10(11-13-5-9-16-11)12-4-8-15-7-3-6-14-2/h5,9-10,12H,3-4,6-8H2,1-2H3. The number of methoxy groups -OCH3 is 1. The van der Waals surface area contributed by atoms with E-state index in [1.807, 2.05) is 11.6 Å². The lowest BCUT2D eigenvalue weighted by Crippen LogP contribution is -2.23. The van der Waals surface area contributed by atoms with Gasteiger partial charge in [0.1, 0.15) is 5.01 Å². The highest BCUT2D eigenvalue weighted by Gasteiger charge is 2.05. The summed E-state index contributed by atoms with van der Waals surface area (Å²) < 4.78 is 10.4. The lowest BCUT2D eigenvalue weighted by atomic mass is 10.3. The molecule has 1 heterocycles. The number of hydrogen-bond acceptors (Lipinski definition) is 5. The van der Waals surface area contributed by atoms with Gasteiger partial charge in [-0.15, -0.1) is 11.3 Å². The van der Waals surface area contributed by atoms with Gasteiger partial charge in [-0.25, -0.2) is 4.98 Å². The summed E-state index contributed by atoms with van der Waals surface area (Å²) in [6.07, 6.45) is 2.79. The summed E-state index contributed by atoms with van der Waals surface area (Å²) in [5.41, 5.74) is 0. The van der Waals surface area contributed by atoms with Crippen molar-refractivity contribution in [3.63, 3.8) is 0 Å². The third-order valence-electron chi connectivity index (χ3n) is 2.16. The molecule has 0 radical (unpaired) electrons. The van der Waals surface area contributed by atoms with E-state index in [1.54, 1.807) is 18.4 Å². The van der Waals surface area contributed by atoms with E-state index in [0.29, 0.717) is 6.04 Å². The molecule has 0 saturated heterocycles. The number of hydrogen-bond donors (Lipinski definition) is 1. The molecule has 1 unspecified atom stereocenters. The second-order valence-corrected chi connectivity index (χ2v) is 4.43. The molecule has 0 fully saturated rings. The highest BCUT2D eigenvalue weighted by Crippen LogP contribution is 2.13. The molecule has 0 aliphatic heterocycles. The zero-order chi connectivity index (χ0) is 11.6. The highest BCUT2D eigenvalue weighted by molar-refractivity contribution is 7.09. The van der Waals surface area contributed by atoms with E-state index in [9.17, 15) is 0 Å². The molecule has 1 rings (SSSR count). The normalized spacial score (nSPS) is 12.9. The Kier molecular flexibility index (Phi) is 7.33. The van der Waals surface area contributed by atoms with E-state index in [-0.39, 0.29) is 0 Å². The maximum atomic E-state index is 5.44. The number of thiazole rings is 1. The molecule has 92 valence electrons. The van der Waals surface area contributed by atoms with Crippen LogP contribution in [0.3, 0.4) is 0 Å². The molecule has 0 amide bonds. The van der Waals surface area contributed by atoms with Crippen LogP contribution in [0.5, 0.6) is 0 Å². The molecule has 1 atom stereocenters. The first-order valence-corrected chi connectivity index (χ1v) is 6.42. The highest BCUT2D eigenvalue weighted by atomic mass is 32.1. The second-order valence-electron chi connectivity index (χ2n) is 3.50. The van der Waals surface area contributed by atoms with Gasteiger partial charge in [-0.3, -0.25) is 0 Å². The predicted molar refractivity (Wildman–Crippen MR) is 65.8 cm³/mol. The summed E-state index contributed by atoms with van der Waals surface area (Å²) in [5.74, 6) is 0. The molecule has 0 aliphatic carbocycles. The van der Waals surface area contributed by atoms with Crippen LogP contribution in [0, 0.1) is 0 Å². The van der Waals surface area contributed by atoms with Gasteiger partial charge in [-0.1, -0.05) is 0 Å². The molecule has 1 aromatic rings. The van der Waals surface area contributed by atoms with E-state index in [4.69, 9.17) is 9.47 Å². The number of ether oxygens (including phenoxy) is 2.